The normalized spacial score (nSPS) is 12.7. The van der Waals surface area contributed by atoms with Crippen LogP contribution in [0.25, 0.3) is 0 Å². The van der Waals surface area contributed by atoms with E-state index in [0.29, 0.717) is 0 Å². The molecular formula is C4H9NO3S. The molecule has 0 spiro atoms. The molecule has 0 amide bonds. The van der Waals surface area contributed by atoms with Gasteiger partial charge in [-0.15, -0.1) is 0 Å². The fourth-order valence-corrected chi connectivity index (χ4v) is 0.654. The van der Waals surface area contributed by atoms with Gasteiger partial charge >= 0.3 is 5.97 Å². The van der Waals surface area contributed by atoms with Gasteiger partial charge in [0.25, 0.3) is 0 Å². The van der Waals surface area contributed by atoms with Gasteiger partial charge < -0.3 is 4.74 Å². The number of nitrogens with two attached hydrogens (primary N) is 1. The summed E-state index contributed by atoms with van der Waals surface area (Å²) in [5.74, 6) is -0.207. The Morgan fingerprint density at radius 2 is 2.33 bits per heavy atom. The molecular weight excluding hydrogens is 142 g/mol. The van der Waals surface area contributed by atoms with E-state index in [1.165, 1.54) is 7.11 Å². The van der Waals surface area contributed by atoms with Gasteiger partial charge in [-0.05, 0) is 0 Å². The molecule has 4 nitrogen and oxygen atoms in total. The fraction of sp³-hybridized carbons (Fsp3) is 0.750. The smallest absolute Gasteiger partial charge is 0.306 e. The van der Waals surface area contributed by atoms with Gasteiger partial charge in [0, 0.05) is 5.75 Å². The van der Waals surface area contributed by atoms with E-state index >= 15 is 0 Å². The first-order valence-corrected chi connectivity index (χ1v) is 3.74. The van der Waals surface area contributed by atoms with Crippen LogP contribution in [-0.2, 0) is 20.5 Å². The maximum Gasteiger partial charge on any atom is 0.306 e. The van der Waals surface area contributed by atoms with E-state index in [0.717, 1.165) is 0 Å². The summed E-state index contributed by atoms with van der Waals surface area (Å²) in [6, 6.07) is 0. The maximum atomic E-state index is 10.3. The van der Waals surface area contributed by atoms with Gasteiger partial charge in [0.15, 0.2) is 0 Å². The second-order valence-electron chi connectivity index (χ2n) is 1.41. The van der Waals surface area contributed by atoms with E-state index in [2.05, 4.69) is 4.74 Å². The molecule has 0 aromatic rings. The Hall–Kier alpha value is -0.420. The van der Waals surface area contributed by atoms with Crippen molar-refractivity contribution < 1.29 is 13.7 Å². The SMILES string of the molecule is COC(=O)CCS(N)=O. The Kier molecular flexibility index (Phi) is 4.25. The van der Waals surface area contributed by atoms with Gasteiger partial charge in [0.2, 0.25) is 0 Å². The number of methoxy groups -OCH3 is 1. The molecule has 0 aromatic heterocycles. The number of hydrogen-bond donors (Lipinski definition) is 1. The van der Waals surface area contributed by atoms with Crippen molar-refractivity contribution in [2.45, 2.75) is 6.42 Å². The average Bonchev–Trinajstić information content (AvgIpc) is 1.83. The van der Waals surface area contributed by atoms with Crippen molar-refractivity contribution in [2.24, 2.45) is 5.14 Å². The highest BCUT2D eigenvalue weighted by Gasteiger charge is 2.00. The zero-order valence-electron chi connectivity index (χ0n) is 5.12. The summed E-state index contributed by atoms with van der Waals surface area (Å²) in [6.07, 6.45) is 0.125. The Labute approximate surface area is 56.0 Å². The van der Waals surface area contributed by atoms with Crippen molar-refractivity contribution in [1.82, 2.24) is 0 Å². The van der Waals surface area contributed by atoms with Crippen molar-refractivity contribution in [3.63, 3.8) is 0 Å². The number of rotatable bonds is 3. The molecule has 0 saturated heterocycles. The van der Waals surface area contributed by atoms with Crippen LogP contribution in [0.3, 0.4) is 0 Å². The van der Waals surface area contributed by atoms with Crippen molar-refractivity contribution in [3.05, 3.63) is 0 Å². The number of carbonyl (C=O) groups excluding carboxylic acids is 1. The van der Waals surface area contributed by atoms with Crippen LogP contribution in [0.15, 0.2) is 0 Å². The first-order chi connectivity index (χ1) is 4.16. The number of hydrogen-bond acceptors (Lipinski definition) is 3. The number of ether oxygens (including phenoxy) is 1. The van der Waals surface area contributed by atoms with Crippen molar-refractivity contribution in [3.8, 4) is 0 Å². The molecule has 54 valence electrons. The predicted octanol–water partition coefficient (Wildman–Crippen LogP) is -0.828. The van der Waals surface area contributed by atoms with Crippen LogP contribution in [0.1, 0.15) is 6.42 Å². The second-order valence-corrected chi connectivity index (χ2v) is 2.58. The lowest BCUT2D eigenvalue weighted by molar-refractivity contribution is -0.140. The molecule has 0 radical (unpaired) electrons. The molecule has 0 heterocycles. The molecule has 9 heavy (non-hydrogen) atoms. The van der Waals surface area contributed by atoms with Gasteiger partial charge in [-0.3, -0.25) is 9.93 Å². The highest BCUT2D eigenvalue weighted by atomic mass is 32.2. The lowest BCUT2D eigenvalue weighted by Crippen LogP contribution is -2.12. The zero-order valence-corrected chi connectivity index (χ0v) is 5.94. The summed E-state index contributed by atoms with van der Waals surface area (Å²) in [7, 11) is -0.109. The lowest BCUT2D eigenvalue weighted by atomic mass is 10.5. The van der Waals surface area contributed by atoms with E-state index in [4.69, 9.17) is 5.14 Å². The van der Waals surface area contributed by atoms with Crippen molar-refractivity contribution >= 4 is 17.0 Å². The highest BCUT2D eigenvalue weighted by Crippen LogP contribution is 1.83. The number of esters is 1. The van der Waals surface area contributed by atoms with Gasteiger partial charge in [0.05, 0.1) is 24.5 Å². The highest BCUT2D eigenvalue weighted by molar-refractivity contribution is 7.82. The third-order valence-electron chi connectivity index (χ3n) is 0.735. The lowest BCUT2D eigenvalue weighted by Gasteiger charge is -1.94. The van der Waals surface area contributed by atoms with Crippen LogP contribution in [0.4, 0.5) is 0 Å². The minimum Gasteiger partial charge on any atom is -0.469 e. The molecule has 0 rings (SSSR count). The van der Waals surface area contributed by atoms with E-state index in [9.17, 15) is 9.00 Å². The summed E-state index contributed by atoms with van der Waals surface area (Å²) >= 11 is 0. The van der Waals surface area contributed by atoms with Crippen LogP contribution < -0.4 is 5.14 Å². The minimum absolute atomic E-state index is 0.125. The summed E-state index contributed by atoms with van der Waals surface area (Å²) in [5, 5.41) is 4.86. The quantitative estimate of drug-likeness (QED) is 0.535. The first kappa shape index (κ1) is 8.58. The van der Waals surface area contributed by atoms with Crippen LogP contribution in [0, 0.1) is 0 Å². The van der Waals surface area contributed by atoms with Gasteiger partial charge in [-0.25, -0.2) is 4.21 Å². The summed E-state index contributed by atoms with van der Waals surface area (Å²) in [5.41, 5.74) is 0. The molecule has 0 bridgehead atoms. The summed E-state index contributed by atoms with van der Waals surface area (Å²) < 4.78 is 14.4. The maximum absolute atomic E-state index is 10.3. The average molecular weight is 151 g/mol. The first-order valence-electron chi connectivity index (χ1n) is 2.36. The topological polar surface area (TPSA) is 69.4 Å². The van der Waals surface area contributed by atoms with Gasteiger partial charge in [0.1, 0.15) is 0 Å². The monoisotopic (exact) mass is 151 g/mol. The third kappa shape index (κ3) is 5.45. The standard InChI is InChI=1S/C4H9NO3S/c1-8-4(6)2-3-9(5)7/h2-3,5H2,1H3. The summed E-state index contributed by atoms with van der Waals surface area (Å²) in [4.78, 5) is 10.3. The second kappa shape index (κ2) is 4.46. The Morgan fingerprint density at radius 1 is 1.78 bits per heavy atom. The molecule has 2 N–H and O–H groups in total. The van der Waals surface area contributed by atoms with Crippen LogP contribution in [-0.4, -0.2) is 23.0 Å². The molecule has 5 heteroatoms. The largest absolute Gasteiger partial charge is 0.469 e. The van der Waals surface area contributed by atoms with Gasteiger partial charge in [-0.2, -0.15) is 0 Å². The van der Waals surface area contributed by atoms with E-state index < -0.39 is 11.0 Å². The molecule has 0 aliphatic rings. The molecule has 0 saturated carbocycles. The fourth-order valence-electron chi connectivity index (χ4n) is 0.286. The van der Waals surface area contributed by atoms with Crippen molar-refractivity contribution in [1.29, 1.82) is 0 Å². The molecule has 0 aromatic carbocycles. The van der Waals surface area contributed by atoms with Crippen LogP contribution >= 0.6 is 0 Å². The predicted molar refractivity (Wildman–Crippen MR) is 33.8 cm³/mol. The Balaban J connectivity index is 3.28. The molecule has 0 aliphatic heterocycles. The Bertz CT molecular complexity index is 125. The number of carbonyl (C=O) groups is 1. The Morgan fingerprint density at radius 3 is 2.67 bits per heavy atom. The molecule has 0 fully saturated rings. The van der Waals surface area contributed by atoms with Crippen molar-refractivity contribution in [2.75, 3.05) is 12.9 Å². The molecule has 1 unspecified atom stereocenters. The van der Waals surface area contributed by atoms with E-state index in [-0.39, 0.29) is 18.1 Å². The van der Waals surface area contributed by atoms with Crippen LogP contribution in [0.5, 0.6) is 0 Å². The molecule has 1 atom stereocenters. The van der Waals surface area contributed by atoms with E-state index in [1.54, 1.807) is 0 Å². The van der Waals surface area contributed by atoms with Gasteiger partial charge in [-0.1, -0.05) is 0 Å². The summed E-state index contributed by atoms with van der Waals surface area (Å²) in [6.45, 7) is 0. The minimum atomic E-state index is -1.39. The van der Waals surface area contributed by atoms with E-state index in [1.807, 2.05) is 0 Å². The molecule has 0 aliphatic carbocycles. The third-order valence-corrected chi connectivity index (χ3v) is 1.34. The zero-order chi connectivity index (χ0) is 7.28. The van der Waals surface area contributed by atoms with Crippen LogP contribution in [0.2, 0.25) is 0 Å².